The van der Waals surface area contributed by atoms with Crippen LogP contribution in [0.4, 0.5) is 11.6 Å². The Bertz CT molecular complexity index is 1190. The highest BCUT2D eigenvalue weighted by atomic mass is 79.9. The average Bonchev–Trinajstić information content (AvgIpc) is 3.14. The van der Waals surface area contributed by atoms with Crippen molar-refractivity contribution < 1.29 is 4.74 Å². The predicted molar refractivity (Wildman–Crippen MR) is 112 cm³/mol. The van der Waals surface area contributed by atoms with Gasteiger partial charge in [0.05, 0.1) is 22.2 Å². The molecule has 2 aromatic heterocycles. The van der Waals surface area contributed by atoms with E-state index in [2.05, 4.69) is 42.3 Å². The summed E-state index contributed by atoms with van der Waals surface area (Å²) in [7, 11) is 0. The van der Waals surface area contributed by atoms with Crippen LogP contribution in [0.3, 0.4) is 0 Å². The van der Waals surface area contributed by atoms with Gasteiger partial charge in [-0.25, -0.2) is 4.98 Å². The fraction of sp³-hybridized carbons (Fsp3) is 0.0500. The maximum absolute atomic E-state index is 8.92. The number of aromatic amines is 1. The number of benzene rings is 2. The Morgan fingerprint density at radius 1 is 1.18 bits per heavy atom. The van der Waals surface area contributed by atoms with E-state index in [9.17, 15) is 0 Å². The molecule has 0 amide bonds. The van der Waals surface area contributed by atoms with Crippen molar-refractivity contribution in [3.63, 3.8) is 0 Å². The number of aromatic nitrogens is 3. The molecule has 6 nitrogen and oxygen atoms in total. The molecule has 2 heterocycles. The van der Waals surface area contributed by atoms with E-state index in [-0.39, 0.29) is 0 Å². The Kier molecular flexibility index (Phi) is 4.90. The summed E-state index contributed by atoms with van der Waals surface area (Å²) < 4.78 is 6.94. The minimum Gasteiger partial charge on any atom is -0.435 e. The lowest BCUT2D eigenvalue weighted by molar-refractivity contribution is 0.464. The van der Waals surface area contributed by atoms with Gasteiger partial charge in [0.15, 0.2) is 5.75 Å². The van der Waals surface area contributed by atoms with E-state index in [0.717, 1.165) is 15.7 Å². The molecule has 2 aromatic carbocycles. The van der Waals surface area contributed by atoms with Gasteiger partial charge in [-0.05, 0) is 55.0 Å². The van der Waals surface area contributed by atoms with Crippen molar-refractivity contribution in [1.29, 1.82) is 5.26 Å². The first-order valence-electron chi connectivity index (χ1n) is 8.29. The molecule has 138 valence electrons. The normalized spacial score (nSPS) is 10.6. The molecule has 0 spiro atoms. The molecule has 0 saturated heterocycles. The molecular formula is C20H13BrClN5O. The fourth-order valence-corrected chi connectivity index (χ4v) is 3.73. The number of nitriles is 1. The molecule has 8 heteroatoms. The highest BCUT2D eigenvalue weighted by Gasteiger charge is 2.15. The summed E-state index contributed by atoms with van der Waals surface area (Å²) in [6.45, 7) is 1.91. The minimum atomic E-state index is 0.360. The summed E-state index contributed by atoms with van der Waals surface area (Å²) in [5.41, 5.74) is 3.59. The Labute approximate surface area is 174 Å². The van der Waals surface area contributed by atoms with Crippen LogP contribution in [0, 0.1) is 18.3 Å². The largest absolute Gasteiger partial charge is 0.435 e. The van der Waals surface area contributed by atoms with Crippen molar-refractivity contribution in [2.24, 2.45) is 0 Å². The zero-order valence-electron chi connectivity index (χ0n) is 14.6. The van der Waals surface area contributed by atoms with E-state index in [1.54, 1.807) is 36.5 Å². The molecule has 0 atom stereocenters. The predicted octanol–water partition coefficient (Wildman–Crippen LogP) is 6.09. The van der Waals surface area contributed by atoms with Crippen molar-refractivity contribution in [2.75, 3.05) is 5.32 Å². The second-order valence-electron chi connectivity index (χ2n) is 6.04. The summed E-state index contributed by atoms with van der Waals surface area (Å²) in [6, 6.07) is 14.6. The number of hydrogen-bond acceptors (Lipinski definition) is 5. The number of anilines is 2. The first-order valence-corrected chi connectivity index (χ1v) is 9.46. The zero-order chi connectivity index (χ0) is 19.7. The van der Waals surface area contributed by atoms with E-state index in [0.29, 0.717) is 39.2 Å². The number of halogens is 2. The van der Waals surface area contributed by atoms with Crippen molar-refractivity contribution in [2.45, 2.75) is 6.92 Å². The van der Waals surface area contributed by atoms with Crippen molar-refractivity contribution in [3.8, 4) is 17.7 Å². The maximum Gasteiger partial charge on any atom is 0.248 e. The van der Waals surface area contributed by atoms with Crippen LogP contribution in [0.1, 0.15) is 11.1 Å². The lowest BCUT2D eigenvalue weighted by Gasteiger charge is -2.12. The number of rotatable bonds is 4. The van der Waals surface area contributed by atoms with E-state index >= 15 is 0 Å². The van der Waals surface area contributed by atoms with Crippen molar-refractivity contribution in [3.05, 3.63) is 69.3 Å². The van der Waals surface area contributed by atoms with Crippen LogP contribution >= 0.6 is 27.5 Å². The van der Waals surface area contributed by atoms with Gasteiger partial charge >= 0.3 is 0 Å². The molecule has 0 unspecified atom stereocenters. The number of hydrogen-bond donors (Lipinski definition) is 2. The fourth-order valence-electron chi connectivity index (χ4n) is 2.72. The average molecular weight is 455 g/mol. The van der Waals surface area contributed by atoms with Crippen LogP contribution in [0.25, 0.3) is 11.0 Å². The van der Waals surface area contributed by atoms with Gasteiger partial charge in [0.25, 0.3) is 0 Å². The summed E-state index contributed by atoms with van der Waals surface area (Å²) in [5, 5.41) is 12.5. The SMILES string of the molecule is Cc1cc(Br)cc(Cl)c1Oc1nc(Nc2ccc(C#N)cc2)nc2cc[nH]c12. The molecule has 0 saturated carbocycles. The Hall–Kier alpha value is -3.08. The molecule has 0 fully saturated rings. The third kappa shape index (κ3) is 3.65. The number of nitrogens with zero attached hydrogens (tertiary/aromatic N) is 3. The number of fused-ring (bicyclic) bond motifs is 1. The van der Waals surface area contributed by atoms with Gasteiger partial charge < -0.3 is 15.0 Å². The second-order valence-corrected chi connectivity index (χ2v) is 7.36. The molecule has 2 N–H and O–H groups in total. The third-order valence-electron chi connectivity index (χ3n) is 4.04. The monoisotopic (exact) mass is 453 g/mol. The number of aryl methyl sites for hydroxylation is 1. The number of nitrogens with one attached hydrogen (secondary N) is 2. The van der Waals surface area contributed by atoms with Crippen LogP contribution in [0.15, 0.2) is 53.1 Å². The standard InChI is InChI=1S/C20H13BrClN5O/c1-11-8-13(21)9-15(22)18(11)28-19-17-16(6-7-24-17)26-20(27-19)25-14-4-2-12(10-23)3-5-14/h2-9,24H,1H3,(H,25,26,27). The number of H-pyrrole nitrogens is 1. The lowest BCUT2D eigenvalue weighted by atomic mass is 10.2. The Morgan fingerprint density at radius 3 is 2.68 bits per heavy atom. The topological polar surface area (TPSA) is 86.6 Å². The third-order valence-corrected chi connectivity index (χ3v) is 4.77. The molecule has 4 rings (SSSR count). The Morgan fingerprint density at radius 2 is 1.96 bits per heavy atom. The van der Waals surface area contributed by atoms with Crippen LogP contribution in [-0.4, -0.2) is 15.0 Å². The summed E-state index contributed by atoms with van der Waals surface area (Å²) in [6.07, 6.45) is 1.77. The van der Waals surface area contributed by atoms with Crippen LogP contribution in [0.2, 0.25) is 5.02 Å². The molecule has 4 aromatic rings. The molecule has 28 heavy (non-hydrogen) atoms. The lowest BCUT2D eigenvalue weighted by Crippen LogP contribution is -2.00. The first-order chi connectivity index (χ1) is 13.5. The van der Waals surface area contributed by atoms with Crippen LogP contribution in [-0.2, 0) is 0 Å². The van der Waals surface area contributed by atoms with E-state index in [1.807, 2.05) is 19.1 Å². The van der Waals surface area contributed by atoms with Gasteiger partial charge in [-0.1, -0.05) is 27.5 Å². The molecular weight excluding hydrogens is 442 g/mol. The van der Waals surface area contributed by atoms with Gasteiger partial charge in [-0.3, -0.25) is 0 Å². The number of ether oxygens (including phenoxy) is 1. The smallest absolute Gasteiger partial charge is 0.248 e. The van der Waals surface area contributed by atoms with E-state index in [1.165, 1.54) is 0 Å². The molecule has 0 aliphatic heterocycles. The second kappa shape index (κ2) is 7.50. The van der Waals surface area contributed by atoms with Gasteiger partial charge in [-0.15, -0.1) is 0 Å². The highest BCUT2D eigenvalue weighted by molar-refractivity contribution is 9.10. The maximum atomic E-state index is 8.92. The van der Waals surface area contributed by atoms with Crippen molar-refractivity contribution >= 4 is 50.2 Å². The first kappa shape index (κ1) is 18.3. The van der Waals surface area contributed by atoms with Gasteiger partial charge in [0.1, 0.15) is 5.52 Å². The molecule has 0 radical (unpaired) electrons. The Balaban J connectivity index is 1.72. The molecule has 0 bridgehead atoms. The van der Waals surface area contributed by atoms with Gasteiger partial charge in [0, 0.05) is 16.4 Å². The van der Waals surface area contributed by atoms with Crippen LogP contribution in [0.5, 0.6) is 11.6 Å². The van der Waals surface area contributed by atoms with Crippen LogP contribution < -0.4 is 10.1 Å². The summed E-state index contributed by atoms with van der Waals surface area (Å²) >= 11 is 9.78. The zero-order valence-corrected chi connectivity index (χ0v) is 17.0. The van der Waals surface area contributed by atoms with E-state index in [4.69, 9.17) is 21.6 Å². The van der Waals surface area contributed by atoms with Gasteiger partial charge in [0.2, 0.25) is 11.8 Å². The summed E-state index contributed by atoms with van der Waals surface area (Å²) in [4.78, 5) is 12.1. The minimum absolute atomic E-state index is 0.360. The summed E-state index contributed by atoms with van der Waals surface area (Å²) in [5.74, 6) is 1.26. The highest BCUT2D eigenvalue weighted by Crippen LogP contribution is 2.37. The van der Waals surface area contributed by atoms with Gasteiger partial charge in [-0.2, -0.15) is 10.2 Å². The van der Waals surface area contributed by atoms with E-state index < -0.39 is 0 Å². The molecule has 0 aliphatic carbocycles. The molecule has 0 aliphatic rings. The quantitative estimate of drug-likeness (QED) is 0.390. The van der Waals surface area contributed by atoms with Crippen molar-refractivity contribution in [1.82, 2.24) is 15.0 Å².